The molecule has 11 heteroatoms. The summed E-state index contributed by atoms with van der Waals surface area (Å²) in [6.07, 6.45) is 1.65. The molecule has 0 aliphatic heterocycles. The Morgan fingerprint density at radius 2 is 2.04 bits per heavy atom. The normalized spacial score (nSPS) is 15.4. The van der Waals surface area contributed by atoms with E-state index in [9.17, 15) is 22.8 Å². The molecule has 1 heterocycles. The minimum absolute atomic E-state index is 0.0467. The van der Waals surface area contributed by atoms with Crippen LogP contribution in [0.5, 0.6) is 0 Å². The van der Waals surface area contributed by atoms with Crippen molar-refractivity contribution in [2.45, 2.75) is 24.8 Å². The number of hydrazine groups is 1. The summed E-state index contributed by atoms with van der Waals surface area (Å²) in [5.74, 6) is -3.47. The molecule has 148 valence electrons. The molecular formula is C17H14ClF3N4O2S. The highest BCUT2D eigenvalue weighted by molar-refractivity contribution is 8.14. The highest BCUT2D eigenvalue weighted by Crippen LogP contribution is 2.38. The molecule has 0 radical (unpaired) electrons. The molecule has 2 aromatic rings. The summed E-state index contributed by atoms with van der Waals surface area (Å²) in [5.41, 5.74) is 0.310. The molecule has 0 bridgehead atoms. The van der Waals surface area contributed by atoms with Gasteiger partial charge in [-0.1, -0.05) is 23.7 Å². The monoisotopic (exact) mass is 430 g/mol. The number of hydrogen-bond acceptors (Lipinski definition) is 5. The summed E-state index contributed by atoms with van der Waals surface area (Å²) >= 11 is 6.71. The number of benzene rings is 1. The maximum Gasteiger partial charge on any atom is 0.301 e. The van der Waals surface area contributed by atoms with E-state index in [2.05, 4.69) is 10.3 Å². The number of rotatable bonds is 6. The van der Waals surface area contributed by atoms with Crippen LogP contribution in [0.15, 0.2) is 42.7 Å². The molecule has 6 nitrogen and oxygen atoms in total. The molecule has 3 rings (SSSR count). The van der Waals surface area contributed by atoms with Crippen molar-refractivity contribution < 1.29 is 22.8 Å². The van der Waals surface area contributed by atoms with E-state index in [-0.39, 0.29) is 16.4 Å². The van der Waals surface area contributed by atoms with Gasteiger partial charge in [-0.3, -0.25) is 14.6 Å². The topological polar surface area (TPSA) is 65.5 Å². The zero-order valence-corrected chi connectivity index (χ0v) is 15.8. The van der Waals surface area contributed by atoms with Crippen molar-refractivity contribution >= 4 is 46.6 Å². The standard InChI is InChI=1S/C17H14ClF3N4O2S/c18-14-3-1-2-4-15(14)25(24(10-26)13-5-11(19)8-22-9-13)28-16(27)23-12-6-17(20,21)7-12/h1-5,8-10,12H,6-7H2,(H,23,27). The molecule has 1 aliphatic rings. The number of aromatic nitrogens is 1. The van der Waals surface area contributed by atoms with Crippen molar-refractivity contribution in [2.24, 2.45) is 0 Å². The van der Waals surface area contributed by atoms with Crippen LogP contribution < -0.4 is 14.7 Å². The third-order valence-corrected chi connectivity index (χ3v) is 5.04. The minimum Gasteiger partial charge on any atom is -0.342 e. The first-order valence-corrected chi connectivity index (χ1v) is 9.20. The third kappa shape index (κ3) is 4.68. The number of nitrogens with zero attached hydrogens (tertiary/aromatic N) is 3. The molecule has 1 N–H and O–H groups in total. The van der Waals surface area contributed by atoms with Crippen molar-refractivity contribution in [3.8, 4) is 0 Å². The van der Waals surface area contributed by atoms with E-state index in [4.69, 9.17) is 11.6 Å². The van der Waals surface area contributed by atoms with Crippen LogP contribution in [0.4, 0.5) is 29.3 Å². The lowest BCUT2D eigenvalue weighted by atomic mass is 9.88. The van der Waals surface area contributed by atoms with Crippen LogP contribution in [0.25, 0.3) is 0 Å². The number of hydrogen-bond donors (Lipinski definition) is 1. The van der Waals surface area contributed by atoms with Crippen LogP contribution in [-0.4, -0.2) is 28.6 Å². The van der Waals surface area contributed by atoms with Crippen LogP contribution in [0.1, 0.15) is 12.8 Å². The number of halogens is 4. The second-order valence-corrected chi connectivity index (χ2v) is 7.33. The van der Waals surface area contributed by atoms with Crippen LogP contribution in [0, 0.1) is 5.82 Å². The molecule has 0 atom stereocenters. The third-order valence-electron chi connectivity index (χ3n) is 3.89. The minimum atomic E-state index is -2.78. The first-order chi connectivity index (χ1) is 13.3. The number of para-hydroxylation sites is 1. The molecular weight excluding hydrogens is 417 g/mol. The lowest BCUT2D eigenvalue weighted by Crippen LogP contribution is -2.50. The fourth-order valence-corrected chi connectivity index (χ4v) is 3.71. The van der Waals surface area contributed by atoms with Crippen molar-refractivity contribution in [2.75, 3.05) is 9.42 Å². The van der Waals surface area contributed by atoms with Crippen LogP contribution in [-0.2, 0) is 4.79 Å². The Bertz CT molecular complexity index is 881. The summed E-state index contributed by atoms with van der Waals surface area (Å²) in [6.45, 7) is 0. The Morgan fingerprint density at radius 1 is 1.32 bits per heavy atom. The van der Waals surface area contributed by atoms with Gasteiger partial charge < -0.3 is 5.32 Å². The van der Waals surface area contributed by atoms with Crippen molar-refractivity contribution in [3.63, 3.8) is 0 Å². The fraction of sp³-hybridized carbons (Fsp3) is 0.235. The second kappa shape index (κ2) is 8.27. The van der Waals surface area contributed by atoms with Gasteiger partial charge in [0.05, 0.1) is 40.7 Å². The van der Waals surface area contributed by atoms with Crippen molar-refractivity contribution in [1.82, 2.24) is 10.3 Å². The second-order valence-electron chi connectivity index (χ2n) is 6.02. The Balaban J connectivity index is 1.86. The van der Waals surface area contributed by atoms with E-state index in [0.717, 1.165) is 21.7 Å². The number of carbonyl (C=O) groups excluding carboxylic acids is 2. The van der Waals surface area contributed by atoms with Crippen molar-refractivity contribution in [3.05, 3.63) is 53.6 Å². The number of anilines is 2. The zero-order valence-electron chi connectivity index (χ0n) is 14.2. The van der Waals surface area contributed by atoms with Gasteiger partial charge in [-0.15, -0.1) is 0 Å². The van der Waals surface area contributed by atoms with Gasteiger partial charge in [0, 0.05) is 24.9 Å². The highest BCUT2D eigenvalue weighted by Gasteiger charge is 2.46. The van der Waals surface area contributed by atoms with E-state index in [0.29, 0.717) is 18.4 Å². The summed E-state index contributed by atoms with van der Waals surface area (Å²) < 4.78 is 40.7. The maximum absolute atomic E-state index is 13.6. The molecule has 1 aromatic heterocycles. The van der Waals surface area contributed by atoms with Crippen LogP contribution >= 0.6 is 23.5 Å². The maximum atomic E-state index is 13.6. The number of alkyl halides is 2. The lowest BCUT2D eigenvalue weighted by Gasteiger charge is -2.36. The number of amides is 2. The zero-order chi connectivity index (χ0) is 20.3. The molecule has 2 amide bonds. The molecule has 0 spiro atoms. The van der Waals surface area contributed by atoms with Gasteiger partial charge in [0.1, 0.15) is 5.82 Å². The molecule has 0 unspecified atom stereocenters. The molecule has 1 aliphatic carbocycles. The quantitative estimate of drug-likeness (QED) is 0.417. The summed E-state index contributed by atoms with van der Waals surface area (Å²) in [6, 6.07) is 6.76. The number of nitrogens with one attached hydrogen (secondary N) is 1. The van der Waals surface area contributed by atoms with E-state index in [1.54, 1.807) is 24.3 Å². The first kappa shape index (κ1) is 20.3. The van der Waals surface area contributed by atoms with E-state index < -0.39 is 35.9 Å². The largest absolute Gasteiger partial charge is 0.342 e. The van der Waals surface area contributed by atoms with Crippen LogP contribution in [0.2, 0.25) is 5.02 Å². The van der Waals surface area contributed by atoms with Crippen LogP contribution in [0.3, 0.4) is 0 Å². The van der Waals surface area contributed by atoms with Gasteiger partial charge in [-0.2, -0.15) is 0 Å². The summed E-state index contributed by atoms with van der Waals surface area (Å²) in [5, 5.41) is 2.95. The van der Waals surface area contributed by atoms with E-state index >= 15 is 0 Å². The summed E-state index contributed by atoms with van der Waals surface area (Å²) in [7, 11) is 0. The Hall–Kier alpha value is -2.46. The Morgan fingerprint density at radius 3 is 2.64 bits per heavy atom. The average molecular weight is 431 g/mol. The molecule has 1 aromatic carbocycles. The Labute approximate surface area is 167 Å². The van der Waals surface area contributed by atoms with Gasteiger partial charge in [0.15, 0.2) is 0 Å². The fourth-order valence-electron chi connectivity index (χ4n) is 2.59. The van der Waals surface area contributed by atoms with Gasteiger partial charge in [0.2, 0.25) is 6.41 Å². The highest BCUT2D eigenvalue weighted by atomic mass is 35.5. The molecule has 28 heavy (non-hydrogen) atoms. The molecule has 0 saturated heterocycles. The summed E-state index contributed by atoms with van der Waals surface area (Å²) in [4.78, 5) is 27.8. The van der Waals surface area contributed by atoms with Crippen molar-refractivity contribution in [1.29, 1.82) is 0 Å². The predicted octanol–water partition coefficient (Wildman–Crippen LogP) is 4.41. The average Bonchev–Trinajstić information content (AvgIpc) is 2.60. The van der Waals surface area contributed by atoms with E-state index in [1.807, 2.05) is 0 Å². The SMILES string of the molecule is O=CN(c1cncc(F)c1)N(SC(=O)NC1CC(F)(F)C1)c1ccccc1Cl. The smallest absolute Gasteiger partial charge is 0.301 e. The van der Waals surface area contributed by atoms with Gasteiger partial charge >= 0.3 is 5.24 Å². The van der Waals surface area contributed by atoms with E-state index in [1.165, 1.54) is 6.20 Å². The van der Waals surface area contributed by atoms with Gasteiger partial charge in [0.25, 0.3) is 5.92 Å². The molecule has 1 fully saturated rings. The lowest BCUT2D eigenvalue weighted by molar-refractivity contribution is -0.107. The number of carbonyl (C=O) groups is 2. The molecule has 1 saturated carbocycles. The predicted molar refractivity (Wildman–Crippen MR) is 101 cm³/mol. The first-order valence-electron chi connectivity index (χ1n) is 8.05. The number of pyridine rings is 1. The Kier molecular flexibility index (Phi) is 5.99. The van der Waals surface area contributed by atoms with Gasteiger partial charge in [-0.25, -0.2) is 22.6 Å². The van der Waals surface area contributed by atoms with Gasteiger partial charge in [-0.05, 0) is 12.1 Å².